The predicted molar refractivity (Wildman–Crippen MR) is 193 cm³/mol. The topological polar surface area (TPSA) is 9.23 Å². The number of thiophene rings is 1. The molecule has 0 aliphatic rings. The van der Waals surface area contributed by atoms with Gasteiger partial charge in [0.25, 0.3) is 0 Å². The molecule has 0 aliphatic heterocycles. The second-order valence-corrected chi connectivity index (χ2v) is 16.3. The van der Waals surface area contributed by atoms with Gasteiger partial charge in [0.1, 0.15) is 5.75 Å². The number of aryl methyl sites for hydroxylation is 4. The van der Waals surface area contributed by atoms with Crippen molar-refractivity contribution >= 4 is 59.0 Å². The van der Waals surface area contributed by atoms with Gasteiger partial charge >= 0.3 is 0 Å². The molecule has 5 aromatic carbocycles. The van der Waals surface area contributed by atoms with Crippen LogP contribution in [-0.2, 0) is 0 Å². The first-order chi connectivity index (χ1) is 20.9. The van der Waals surface area contributed by atoms with Crippen molar-refractivity contribution in [1.82, 2.24) is 0 Å². The van der Waals surface area contributed by atoms with E-state index in [9.17, 15) is 0 Å². The molecule has 0 saturated carbocycles. The van der Waals surface area contributed by atoms with Gasteiger partial charge < -0.3 is 4.74 Å². The van der Waals surface area contributed by atoms with Gasteiger partial charge in [0.15, 0.2) is 0 Å². The van der Waals surface area contributed by atoms with Crippen LogP contribution in [0.15, 0.2) is 127 Å². The molecule has 43 heavy (non-hydrogen) atoms. The fraction of sp³-hybridized carbons (Fsp3) is 0.128. The van der Waals surface area contributed by atoms with E-state index in [1.165, 1.54) is 64.5 Å². The van der Waals surface area contributed by atoms with Crippen molar-refractivity contribution in [3.8, 4) is 16.2 Å². The van der Waals surface area contributed by atoms with E-state index in [0.29, 0.717) is 0 Å². The maximum Gasteiger partial charge on any atom is 0.118 e. The minimum atomic E-state index is -0.840. The third-order valence-corrected chi connectivity index (χ3v) is 14.3. The normalized spacial score (nSPS) is 11.3. The lowest BCUT2D eigenvalue weighted by Crippen LogP contribution is -2.33. The minimum Gasteiger partial charge on any atom is -0.497 e. The average Bonchev–Trinajstić information content (AvgIpc) is 3.45. The van der Waals surface area contributed by atoms with E-state index in [1.807, 2.05) is 11.3 Å². The summed E-state index contributed by atoms with van der Waals surface area (Å²) < 4.78 is 5.53. The van der Waals surface area contributed by atoms with Crippen LogP contribution >= 0.6 is 27.2 Å². The Kier molecular flexibility index (Phi) is 8.92. The van der Waals surface area contributed by atoms with Crippen molar-refractivity contribution in [3.05, 3.63) is 149 Å². The van der Waals surface area contributed by atoms with Crippen LogP contribution in [0.4, 0.5) is 0 Å². The van der Waals surface area contributed by atoms with Crippen LogP contribution in [0.3, 0.4) is 0 Å². The molecule has 0 bridgehead atoms. The van der Waals surface area contributed by atoms with Crippen molar-refractivity contribution in [2.45, 2.75) is 27.7 Å². The second-order valence-electron chi connectivity index (χ2n) is 11.0. The molecule has 1 aromatic heterocycles. The smallest absolute Gasteiger partial charge is 0.118 e. The molecule has 0 N–H and O–H groups in total. The highest BCUT2D eigenvalue weighted by molar-refractivity contribution is 7.86. The molecular formula is C39H36OP2S. The van der Waals surface area contributed by atoms with Crippen molar-refractivity contribution in [3.63, 3.8) is 0 Å². The van der Waals surface area contributed by atoms with Gasteiger partial charge in [-0.3, -0.25) is 0 Å². The first kappa shape index (κ1) is 29.5. The Bertz CT molecular complexity index is 1710. The molecular weight excluding hydrogens is 578 g/mol. The van der Waals surface area contributed by atoms with E-state index in [-0.39, 0.29) is 0 Å². The van der Waals surface area contributed by atoms with Gasteiger partial charge in [-0.2, -0.15) is 0 Å². The summed E-state index contributed by atoms with van der Waals surface area (Å²) in [6.07, 6.45) is 0. The van der Waals surface area contributed by atoms with E-state index >= 15 is 0 Å². The Hall–Kier alpha value is -3.54. The quantitative estimate of drug-likeness (QED) is 0.157. The SMILES string of the molecule is COc1ccc(-c2scc(P(c3ccc(C)cc3)c3ccc(C)cc3)c2P(c2ccc(C)cc2)c2ccc(C)cc2)cc1. The molecule has 0 fully saturated rings. The maximum atomic E-state index is 5.53. The maximum absolute atomic E-state index is 5.53. The Morgan fingerprint density at radius 1 is 0.465 bits per heavy atom. The molecule has 0 saturated heterocycles. The summed E-state index contributed by atoms with van der Waals surface area (Å²) in [6, 6.07) is 45.5. The van der Waals surface area contributed by atoms with Crippen molar-refractivity contribution in [2.75, 3.05) is 7.11 Å². The molecule has 6 aromatic rings. The number of hydrogen-bond acceptors (Lipinski definition) is 2. The molecule has 6 rings (SSSR count). The molecule has 1 heterocycles. The van der Waals surface area contributed by atoms with E-state index in [0.717, 1.165) is 5.75 Å². The standard InChI is InChI=1S/C39H36OP2S/c1-27-6-18-33(19-7-27)41(34-20-8-28(2)9-21-34)37-26-43-39(31-14-16-32(40-5)17-15-31)38(37)42(35-22-10-29(3)11-23-35)36-24-12-30(4)13-25-36/h6-26H,1-5H3. The van der Waals surface area contributed by atoms with Gasteiger partial charge in [-0.1, -0.05) is 119 Å². The molecule has 4 heteroatoms. The molecule has 0 unspecified atom stereocenters. The van der Waals surface area contributed by atoms with Crippen LogP contribution in [0.2, 0.25) is 0 Å². The van der Waals surface area contributed by atoms with Gasteiger partial charge in [-0.05, 0) is 94.6 Å². The number of methoxy groups -OCH3 is 1. The largest absolute Gasteiger partial charge is 0.497 e. The van der Waals surface area contributed by atoms with Gasteiger partial charge in [-0.25, -0.2) is 0 Å². The molecule has 0 atom stereocenters. The second kappa shape index (κ2) is 13.0. The number of hydrogen-bond donors (Lipinski definition) is 0. The Labute approximate surface area is 262 Å². The summed E-state index contributed by atoms with van der Waals surface area (Å²) in [6.45, 7) is 8.68. The first-order valence-electron chi connectivity index (χ1n) is 14.5. The third-order valence-electron chi connectivity index (χ3n) is 7.73. The Morgan fingerprint density at radius 2 is 0.837 bits per heavy atom. The summed E-state index contributed by atoms with van der Waals surface area (Å²) in [5, 5.41) is 10.9. The molecule has 1 nitrogen and oxygen atoms in total. The summed E-state index contributed by atoms with van der Waals surface area (Å²) in [5.41, 5.74) is 6.37. The van der Waals surface area contributed by atoms with Crippen LogP contribution in [0.25, 0.3) is 10.4 Å². The average molecular weight is 615 g/mol. The molecule has 214 valence electrons. The van der Waals surface area contributed by atoms with Gasteiger partial charge in [0.2, 0.25) is 0 Å². The molecule has 0 spiro atoms. The van der Waals surface area contributed by atoms with Gasteiger partial charge in [0, 0.05) is 20.9 Å². The highest BCUT2D eigenvalue weighted by Gasteiger charge is 2.30. The summed E-state index contributed by atoms with van der Waals surface area (Å²) in [7, 11) is 0.0957. The van der Waals surface area contributed by atoms with Gasteiger partial charge in [0.05, 0.1) is 7.11 Å². The first-order valence-corrected chi connectivity index (χ1v) is 18.1. The van der Waals surface area contributed by atoms with Crippen LogP contribution in [0.1, 0.15) is 22.3 Å². The zero-order valence-corrected chi connectivity index (χ0v) is 27.9. The Morgan fingerprint density at radius 3 is 1.21 bits per heavy atom. The Balaban J connectivity index is 1.66. The lowest BCUT2D eigenvalue weighted by Gasteiger charge is -2.26. The summed E-state index contributed by atoms with van der Waals surface area (Å²) in [5.74, 6) is 0.878. The van der Waals surface area contributed by atoms with Crippen molar-refractivity contribution < 1.29 is 4.74 Å². The third kappa shape index (κ3) is 6.39. The molecule has 0 amide bonds. The highest BCUT2D eigenvalue weighted by Crippen LogP contribution is 2.44. The minimum absolute atomic E-state index is 0.794. The van der Waals surface area contributed by atoms with Gasteiger partial charge in [-0.15, -0.1) is 11.3 Å². The highest BCUT2D eigenvalue weighted by atomic mass is 32.1. The van der Waals surface area contributed by atoms with Crippen LogP contribution in [0.5, 0.6) is 5.75 Å². The van der Waals surface area contributed by atoms with E-state index in [1.54, 1.807) is 7.11 Å². The summed E-state index contributed by atoms with van der Waals surface area (Å²) in [4.78, 5) is 1.34. The van der Waals surface area contributed by atoms with Crippen LogP contribution in [-0.4, -0.2) is 7.11 Å². The van der Waals surface area contributed by atoms with E-state index in [2.05, 4.69) is 154 Å². The fourth-order valence-corrected chi connectivity index (χ4v) is 12.3. The van der Waals surface area contributed by atoms with Crippen molar-refractivity contribution in [2.24, 2.45) is 0 Å². The molecule has 0 radical (unpaired) electrons. The lowest BCUT2D eigenvalue weighted by molar-refractivity contribution is 0.415. The number of ether oxygens (including phenoxy) is 1. The summed E-state index contributed by atoms with van der Waals surface area (Å²) >= 11 is 1.88. The van der Waals surface area contributed by atoms with E-state index < -0.39 is 15.8 Å². The zero-order chi connectivity index (χ0) is 29.9. The number of rotatable bonds is 8. The van der Waals surface area contributed by atoms with Crippen molar-refractivity contribution in [1.29, 1.82) is 0 Å². The van der Waals surface area contributed by atoms with Crippen LogP contribution in [0, 0.1) is 27.7 Å². The molecule has 0 aliphatic carbocycles. The van der Waals surface area contributed by atoms with Crippen LogP contribution < -0.4 is 36.6 Å². The lowest BCUT2D eigenvalue weighted by atomic mass is 10.2. The monoisotopic (exact) mass is 614 g/mol. The number of benzene rings is 5. The van der Waals surface area contributed by atoms with E-state index in [4.69, 9.17) is 4.74 Å². The zero-order valence-electron chi connectivity index (χ0n) is 25.3. The fourth-order valence-electron chi connectivity index (χ4n) is 5.27. The predicted octanol–water partition coefficient (Wildman–Crippen LogP) is 8.17.